The van der Waals surface area contributed by atoms with Gasteiger partial charge in [-0.1, -0.05) is 6.07 Å². The van der Waals surface area contributed by atoms with Crippen molar-refractivity contribution in [3.8, 4) is 0 Å². The van der Waals surface area contributed by atoms with Gasteiger partial charge in [0.2, 0.25) is 0 Å². The molecular weight excluding hydrogens is 294 g/mol. The molecule has 0 bridgehead atoms. The van der Waals surface area contributed by atoms with E-state index >= 15 is 0 Å². The van der Waals surface area contributed by atoms with Crippen LogP contribution in [0.5, 0.6) is 0 Å². The van der Waals surface area contributed by atoms with Crippen molar-refractivity contribution in [3.05, 3.63) is 58.6 Å². The van der Waals surface area contributed by atoms with E-state index in [1.165, 1.54) is 16.4 Å². The molecule has 0 radical (unpaired) electrons. The number of nitrogens with zero attached hydrogens (tertiary/aromatic N) is 5. The number of hydrogen-bond donors (Lipinski definition) is 0. The lowest BCUT2D eigenvalue weighted by Crippen LogP contribution is -2.37. The van der Waals surface area contributed by atoms with Gasteiger partial charge in [0.25, 0.3) is 0 Å². The molecule has 1 atom stereocenters. The van der Waals surface area contributed by atoms with Crippen LogP contribution in [-0.2, 0) is 19.6 Å². The molecule has 0 saturated carbocycles. The summed E-state index contributed by atoms with van der Waals surface area (Å²) in [4.78, 5) is 8.61. The summed E-state index contributed by atoms with van der Waals surface area (Å²) < 4.78 is 4.31. The van der Waals surface area contributed by atoms with Crippen molar-refractivity contribution >= 4 is 11.3 Å². The Kier molecular flexibility index (Phi) is 3.56. The Morgan fingerprint density at radius 2 is 2.23 bits per heavy atom. The summed E-state index contributed by atoms with van der Waals surface area (Å²) in [6.45, 7) is 6.12. The number of fused-ring (bicyclic) bond motifs is 1. The molecule has 1 aliphatic rings. The van der Waals surface area contributed by atoms with E-state index in [1.54, 1.807) is 0 Å². The Morgan fingerprint density at radius 3 is 3.00 bits per heavy atom. The normalized spacial score (nSPS) is 18.5. The highest BCUT2D eigenvalue weighted by Crippen LogP contribution is 2.27. The maximum Gasteiger partial charge on any atom is 0.126 e. The Balaban J connectivity index is 1.54. The van der Waals surface area contributed by atoms with Gasteiger partial charge in [0, 0.05) is 36.9 Å². The Bertz CT molecular complexity index is 729. The number of imidazole rings is 1. The predicted octanol–water partition coefficient (Wildman–Crippen LogP) is 2.77. The number of aromatic nitrogens is 4. The number of hydrogen-bond acceptors (Lipinski definition) is 4. The molecule has 3 aromatic heterocycles. The molecule has 114 valence electrons. The minimum atomic E-state index is 0.349. The lowest BCUT2D eigenvalue weighted by atomic mass is 10.2. The first-order valence-electron chi connectivity index (χ1n) is 7.59. The van der Waals surface area contributed by atoms with Crippen LogP contribution in [0.4, 0.5) is 0 Å². The molecule has 5 nitrogen and oxygen atoms in total. The first kappa shape index (κ1) is 13.7. The van der Waals surface area contributed by atoms with E-state index in [4.69, 9.17) is 0 Å². The second-order valence-electron chi connectivity index (χ2n) is 5.69. The third-order valence-electron chi connectivity index (χ3n) is 4.32. The highest BCUT2D eigenvalue weighted by Gasteiger charge is 2.27. The molecule has 0 aromatic carbocycles. The van der Waals surface area contributed by atoms with E-state index in [-0.39, 0.29) is 0 Å². The zero-order valence-electron chi connectivity index (χ0n) is 12.6. The highest BCUT2D eigenvalue weighted by atomic mass is 32.1. The molecule has 0 N–H and O–H groups in total. The maximum absolute atomic E-state index is 4.68. The average molecular weight is 313 g/mol. The average Bonchev–Trinajstić information content (AvgIpc) is 3.25. The van der Waals surface area contributed by atoms with Gasteiger partial charge in [0.15, 0.2) is 0 Å². The van der Waals surface area contributed by atoms with Crippen LogP contribution >= 0.6 is 11.3 Å². The number of rotatable bonds is 4. The van der Waals surface area contributed by atoms with Crippen LogP contribution in [0, 0.1) is 0 Å². The largest absolute Gasteiger partial charge is 0.328 e. The zero-order chi connectivity index (χ0) is 14.9. The van der Waals surface area contributed by atoms with E-state index in [2.05, 4.69) is 44.0 Å². The standard InChI is InChI=1S/C16H19N5S/c1-13-16-17-10-14(11-20-6-3-5-18-20)21(16)8-7-19(13)12-15-4-2-9-22-15/h2-6,9-10,13H,7-8,11-12H2,1H3/t13-/m1/s1. The molecule has 1 aliphatic heterocycles. The molecule has 0 aliphatic carbocycles. The summed E-state index contributed by atoms with van der Waals surface area (Å²) >= 11 is 1.83. The molecule has 22 heavy (non-hydrogen) atoms. The SMILES string of the molecule is C[C@@H]1c2ncc(Cn3cccn3)n2CCN1Cc1cccs1. The fourth-order valence-electron chi connectivity index (χ4n) is 3.11. The van der Waals surface area contributed by atoms with Crippen LogP contribution in [0.25, 0.3) is 0 Å². The van der Waals surface area contributed by atoms with Gasteiger partial charge in [-0.05, 0) is 24.4 Å². The van der Waals surface area contributed by atoms with E-state index in [0.717, 1.165) is 26.2 Å². The third-order valence-corrected chi connectivity index (χ3v) is 5.18. The van der Waals surface area contributed by atoms with Crippen molar-refractivity contribution in [1.29, 1.82) is 0 Å². The smallest absolute Gasteiger partial charge is 0.126 e. The van der Waals surface area contributed by atoms with Gasteiger partial charge in [-0.25, -0.2) is 4.98 Å². The summed E-state index contributed by atoms with van der Waals surface area (Å²) in [5.41, 5.74) is 1.24. The molecule has 0 amide bonds. The van der Waals surface area contributed by atoms with Crippen molar-refractivity contribution < 1.29 is 0 Å². The van der Waals surface area contributed by atoms with Crippen molar-refractivity contribution in [3.63, 3.8) is 0 Å². The van der Waals surface area contributed by atoms with Crippen molar-refractivity contribution in [2.45, 2.75) is 32.6 Å². The monoisotopic (exact) mass is 313 g/mol. The maximum atomic E-state index is 4.68. The van der Waals surface area contributed by atoms with Gasteiger partial charge in [-0.2, -0.15) is 5.10 Å². The Labute approximate surface area is 133 Å². The zero-order valence-corrected chi connectivity index (χ0v) is 13.4. The van der Waals surface area contributed by atoms with Crippen LogP contribution in [0.15, 0.2) is 42.2 Å². The Morgan fingerprint density at radius 1 is 1.27 bits per heavy atom. The predicted molar refractivity (Wildman–Crippen MR) is 86.7 cm³/mol. The van der Waals surface area contributed by atoms with Gasteiger partial charge in [-0.15, -0.1) is 11.3 Å². The van der Waals surface area contributed by atoms with Crippen LogP contribution in [0.3, 0.4) is 0 Å². The summed E-state index contributed by atoms with van der Waals surface area (Å²) in [6.07, 6.45) is 5.82. The molecule has 0 saturated heterocycles. The quantitative estimate of drug-likeness (QED) is 0.743. The van der Waals surface area contributed by atoms with E-state index < -0.39 is 0 Å². The molecule has 4 rings (SSSR count). The first-order valence-corrected chi connectivity index (χ1v) is 8.47. The lowest BCUT2D eigenvalue weighted by Gasteiger charge is -2.34. The van der Waals surface area contributed by atoms with Crippen LogP contribution < -0.4 is 0 Å². The van der Waals surface area contributed by atoms with Crippen LogP contribution in [0.2, 0.25) is 0 Å². The fraction of sp³-hybridized carbons (Fsp3) is 0.375. The van der Waals surface area contributed by atoms with E-state index in [0.29, 0.717) is 6.04 Å². The van der Waals surface area contributed by atoms with Gasteiger partial charge < -0.3 is 4.57 Å². The minimum Gasteiger partial charge on any atom is -0.328 e. The third kappa shape index (κ3) is 2.48. The van der Waals surface area contributed by atoms with Crippen molar-refractivity contribution in [2.75, 3.05) is 6.54 Å². The van der Waals surface area contributed by atoms with Gasteiger partial charge in [-0.3, -0.25) is 9.58 Å². The molecule has 4 heterocycles. The van der Waals surface area contributed by atoms with Crippen LogP contribution in [-0.4, -0.2) is 30.8 Å². The number of thiophene rings is 1. The molecule has 6 heteroatoms. The van der Waals surface area contributed by atoms with Gasteiger partial charge in [0.05, 0.1) is 24.5 Å². The highest BCUT2D eigenvalue weighted by molar-refractivity contribution is 7.09. The van der Waals surface area contributed by atoms with E-state index in [9.17, 15) is 0 Å². The van der Waals surface area contributed by atoms with E-state index in [1.807, 2.05) is 40.7 Å². The lowest BCUT2D eigenvalue weighted by molar-refractivity contribution is 0.156. The molecule has 0 fully saturated rings. The molecule has 0 unspecified atom stereocenters. The molecule has 0 spiro atoms. The second-order valence-corrected chi connectivity index (χ2v) is 6.72. The summed E-state index contributed by atoms with van der Waals surface area (Å²) in [6, 6.07) is 6.64. The second kappa shape index (κ2) is 5.70. The topological polar surface area (TPSA) is 38.9 Å². The molecular formula is C16H19N5S. The summed E-state index contributed by atoms with van der Waals surface area (Å²) in [5, 5.41) is 6.44. The van der Waals surface area contributed by atoms with Crippen molar-refractivity contribution in [2.24, 2.45) is 0 Å². The molecule has 3 aromatic rings. The fourth-order valence-corrected chi connectivity index (χ4v) is 3.84. The van der Waals surface area contributed by atoms with Crippen LogP contribution in [0.1, 0.15) is 29.4 Å². The first-order chi connectivity index (χ1) is 10.8. The Hall–Kier alpha value is -1.92. The summed E-state index contributed by atoms with van der Waals surface area (Å²) in [5.74, 6) is 1.17. The van der Waals surface area contributed by atoms with Gasteiger partial charge >= 0.3 is 0 Å². The minimum absolute atomic E-state index is 0.349. The van der Waals surface area contributed by atoms with Gasteiger partial charge in [0.1, 0.15) is 5.82 Å². The van der Waals surface area contributed by atoms with Crippen molar-refractivity contribution in [1.82, 2.24) is 24.2 Å². The summed E-state index contributed by atoms with van der Waals surface area (Å²) in [7, 11) is 0.